The Morgan fingerprint density at radius 3 is 2.82 bits per heavy atom. The van der Waals surface area contributed by atoms with E-state index in [9.17, 15) is 0 Å². The second-order valence-electron chi connectivity index (χ2n) is 5.38. The molecule has 0 bridgehead atoms. The summed E-state index contributed by atoms with van der Waals surface area (Å²) in [6.45, 7) is 10.2. The van der Waals surface area contributed by atoms with E-state index in [1.807, 2.05) is 0 Å². The summed E-state index contributed by atoms with van der Waals surface area (Å²) >= 11 is 1.81. The Bertz CT molecular complexity index is 410. The van der Waals surface area contributed by atoms with Gasteiger partial charge in [-0.05, 0) is 0 Å². The number of hydrogen-bond acceptors (Lipinski definition) is 5. The summed E-state index contributed by atoms with van der Waals surface area (Å²) in [7, 11) is 0. The minimum atomic E-state index is 0.0658. The van der Waals surface area contributed by atoms with Crippen molar-refractivity contribution >= 4 is 16.5 Å². The van der Waals surface area contributed by atoms with Crippen molar-refractivity contribution in [3.63, 3.8) is 0 Å². The second kappa shape index (κ2) is 4.23. The third kappa shape index (κ3) is 2.07. The van der Waals surface area contributed by atoms with Gasteiger partial charge in [-0.2, -0.15) is 0 Å². The molecule has 0 spiro atoms. The molecule has 4 nitrogen and oxygen atoms in total. The molecule has 17 heavy (non-hydrogen) atoms. The van der Waals surface area contributed by atoms with Gasteiger partial charge in [-0.1, -0.05) is 25.2 Å². The van der Waals surface area contributed by atoms with Crippen LogP contribution in [0.4, 0.5) is 5.13 Å². The standard InChI is InChI=1S/C12H19N3OS/c1-12(2)8-16-7-9-10(12)14-11(17-9)15-5-3-13-4-6-15/h13H,3-8H2,1-2H3. The van der Waals surface area contributed by atoms with Crippen LogP contribution < -0.4 is 10.2 Å². The van der Waals surface area contributed by atoms with Gasteiger partial charge in [0, 0.05) is 31.6 Å². The highest BCUT2D eigenvalue weighted by atomic mass is 32.1. The van der Waals surface area contributed by atoms with E-state index in [2.05, 4.69) is 24.1 Å². The lowest BCUT2D eigenvalue weighted by molar-refractivity contribution is 0.0648. The van der Waals surface area contributed by atoms with E-state index in [-0.39, 0.29) is 5.41 Å². The van der Waals surface area contributed by atoms with Crippen LogP contribution in [0.2, 0.25) is 0 Å². The van der Waals surface area contributed by atoms with Crippen LogP contribution in [-0.4, -0.2) is 37.8 Å². The van der Waals surface area contributed by atoms with E-state index < -0.39 is 0 Å². The molecular formula is C12H19N3OS. The first-order valence-corrected chi connectivity index (χ1v) is 7.02. The fraction of sp³-hybridized carbons (Fsp3) is 0.750. The number of hydrogen-bond donors (Lipinski definition) is 1. The number of nitrogens with zero attached hydrogens (tertiary/aromatic N) is 2. The molecule has 1 aromatic heterocycles. The first-order valence-electron chi connectivity index (χ1n) is 6.20. The molecule has 0 atom stereocenters. The molecule has 1 fully saturated rings. The van der Waals surface area contributed by atoms with Gasteiger partial charge in [0.05, 0.1) is 23.8 Å². The zero-order valence-electron chi connectivity index (χ0n) is 10.5. The second-order valence-corrected chi connectivity index (χ2v) is 6.44. The quantitative estimate of drug-likeness (QED) is 0.820. The van der Waals surface area contributed by atoms with Crippen LogP contribution >= 0.6 is 11.3 Å². The maximum atomic E-state index is 5.65. The molecule has 0 amide bonds. The molecule has 5 heteroatoms. The summed E-state index contributed by atoms with van der Waals surface area (Å²) in [6.07, 6.45) is 0. The summed E-state index contributed by atoms with van der Waals surface area (Å²) in [5.41, 5.74) is 1.32. The van der Waals surface area contributed by atoms with Crippen molar-refractivity contribution in [2.45, 2.75) is 25.9 Å². The molecule has 0 unspecified atom stereocenters. The number of aromatic nitrogens is 1. The van der Waals surface area contributed by atoms with Gasteiger partial charge in [0.25, 0.3) is 0 Å². The fourth-order valence-corrected chi connectivity index (χ4v) is 3.65. The fourth-order valence-electron chi connectivity index (χ4n) is 2.42. The molecule has 1 saturated heterocycles. The summed E-state index contributed by atoms with van der Waals surface area (Å²) in [4.78, 5) is 8.56. The largest absolute Gasteiger partial charge is 0.375 e. The third-order valence-corrected chi connectivity index (χ3v) is 4.50. The molecule has 0 aromatic carbocycles. The highest BCUT2D eigenvalue weighted by molar-refractivity contribution is 7.15. The van der Waals surface area contributed by atoms with Crippen LogP contribution in [-0.2, 0) is 16.8 Å². The first kappa shape index (κ1) is 11.4. The van der Waals surface area contributed by atoms with Gasteiger partial charge in [-0.25, -0.2) is 4.98 Å². The molecule has 0 saturated carbocycles. The van der Waals surface area contributed by atoms with Crippen molar-refractivity contribution < 1.29 is 4.74 Å². The average molecular weight is 253 g/mol. The van der Waals surface area contributed by atoms with Crippen LogP contribution in [0.3, 0.4) is 0 Å². The van der Waals surface area contributed by atoms with Crippen molar-refractivity contribution in [3.05, 3.63) is 10.6 Å². The predicted molar refractivity (Wildman–Crippen MR) is 69.9 cm³/mol. The number of rotatable bonds is 1. The SMILES string of the molecule is CC1(C)COCc2sc(N3CCNCC3)nc21. The highest BCUT2D eigenvalue weighted by Crippen LogP contribution is 2.37. The monoisotopic (exact) mass is 253 g/mol. The van der Waals surface area contributed by atoms with Crippen molar-refractivity contribution in [1.29, 1.82) is 0 Å². The maximum Gasteiger partial charge on any atom is 0.185 e. The Hall–Kier alpha value is -0.650. The molecule has 94 valence electrons. The maximum absolute atomic E-state index is 5.65. The van der Waals surface area contributed by atoms with Gasteiger partial charge in [0.15, 0.2) is 5.13 Å². The van der Waals surface area contributed by atoms with Gasteiger partial charge < -0.3 is 15.0 Å². The first-order chi connectivity index (χ1) is 8.17. The molecule has 1 aromatic rings. The zero-order valence-corrected chi connectivity index (χ0v) is 11.3. The molecular weight excluding hydrogens is 234 g/mol. The van der Waals surface area contributed by atoms with Crippen LogP contribution in [0.25, 0.3) is 0 Å². The number of piperazine rings is 1. The minimum absolute atomic E-state index is 0.0658. The summed E-state index contributed by atoms with van der Waals surface area (Å²) in [6, 6.07) is 0. The van der Waals surface area contributed by atoms with Gasteiger partial charge in [-0.3, -0.25) is 0 Å². The van der Waals surface area contributed by atoms with Gasteiger partial charge in [0.2, 0.25) is 0 Å². The van der Waals surface area contributed by atoms with E-state index in [4.69, 9.17) is 9.72 Å². The third-order valence-electron chi connectivity index (χ3n) is 3.41. The molecule has 1 N–H and O–H groups in total. The van der Waals surface area contributed by atoms with E-state index in [0.717, 1.165) is 39.4 Å². The normalized spacial score (nSPS) is 23.5. The van der Waals surface area contributed by atoms with Crippen LogP contribution in [0.1, 0.15) is 24.4 Å². The van der Waals surface area contributed by atoms with Gasteiger partial charge in [-0.15, -0.1) is 0 Å². The smallest absolute Gasteiger partial charge is 0.185 e. The topological polar surface area (TPSA) is 37.4 Å². The molecule has 0 aliphatic carbocycles. The predicted octanol–water partition coefficient (Wildman–Crippen LogP) is 1.36. The Balaban J connectivity index is 1.90. The lowest BCUT2D eigenvalue weighted by Crippen LogP contribution is -2.43. The summed E-state index contributed by atoms with van der Waals surface area (Å²) in [5.74, 6) is 0. The number of thiazole rings is 1. The van der Waals surface area contributed by atoms with Gasteiger partial charge in [0.1, 0.15) is 0 Å². The summed E-state index contributed by atoms with van der Waals surface area (Å²) < 4.78 is 5.65. The molecule has 3 heterocycles. The number of ether oxygens (including phenoxy) is 1. The van der Waals surface area contributed by atoms with E-state index in [0.29, 0.717) is 0 Å². The molecule has 2 aliphatic rings. The van der Waals surface area contributed by atoms with E-state index in [1.165, 1.54) is 15.7 Å². The van der Waals surface area contributed by atoms with Gasteiger partial charge >= 0.3 is 0 Å². The number of nitrogens with one attached hydrogen (secondary N) is 1. The molecule has 0 radical (unpaired) electrons. The lowest BCUT2D eigenvalue weighted by Gasteiger charge is -2.28. The Kier molecular flexibility index (Phi) is 2.84. The molecule has 2 aliphatic heterocycles. The molecule has 3 rings (SSSR count). The number of anilines is 1. The van der Waals surface area contributed by atoms with E-state index in [1.54, 1.807) is 11.3 Å². The van der Waals surface area contributed by atoms with E-state index >= 15 is 0 Å². The van der Waals surface area contributed by atoms with Crippen LogP contribution in [0.15, 0.2) is 0 Å². The lowest BCUT2D eigenvalue weighted by atomic mass is 9.88. The Morgan fingerprint density at radius 2 is 2.12 bits per heavy atom. The van der Waals surface area contributed by atoms with Crippen molar-refractivity contribution in [2.75, 3.05) is 37.7 Å². The minimum Gasteiger partial charge on any atom is -0.375 e. The van der Waals surface area contributed by atoms with Crippen LogP contribution in [0.5, 0.6) is 0 Å². The van der Waals surface area contributed by atoms with Crippen LogP contribution in [0, 0.1) is 0 Å². The number of fused-ring (bicyclic) bond motifs is 1. The Morgan fingerprint density at radius 1 is 1.35 bits per heavy atom. The van der Waals surface area contributed by atoms with Crippen molar-refractivity contribution in [1.82, 2.24) is 10.3 Å². The zero-order chi connectivity index (χ0) is 11.9. The van der Waals surface area contributed by atoms with Crippen molar-refractivity contribution in [3.8, 4) is 0 Å². The Labute approximate surface area is 106 Å². The highest BCUT2D eigenvalue weighted by Gasteiger charge is 2.33. The average Bonchev–Trinajstić information content (AvgIpc) is 2.75. The van der Waals surface area contributed by atoms with Crippen molar-refractivity contribution in [2.24, 2.45) is 0 Å². The summed E-state index contributed by atoms with van der Waals surface area (Å²) in [5, 5.41) is 4.55.